The molecule has 4 aliphatic carbocycles. The normalized spacial score (nSPS) is 44.6. The minimum atomic E-state index is -0.190. The monoisotopic (exact) mass is 308 g/mol. The van der Waals surface area contributed by atoms with Crippen molar-refractivity contribution in [1.29, 1.82) is 0 Å². The Bertz CT molecular complexity index is 702. The van der Waals surface area contributed by atoms with Gasteiger partial charge in [-0.15, -0.1) is 0 Å². The molecule has 23 heavy (non-hydrogen) atoms. The number of aryl methyl sites for hydroxylation is 1. The number of benzene rings is 1. The Morgan fingerprint density at radius 1 is 1.26 bits per heavy atom. The van der Waals surface area contributed by atoms with Gasteiger partial charge >= 0.3 is 0 Å². The minimum absolute atomic E-state index is 0.190. The van der Waals surface area contributed by atoms with Gasteiger partial charge < -0.3 is 0 Å². The molecular weight excluding hydrogens is 280 g/mol. The SMILES string of the molecule is C=C(C)[C@H]1C[C@]2(C)C[C@@]3(C)C(=O)C[C@@H]2[C@@H]1[C@@H]3c1ccccc1C. The molecule has 0 N–H and O–H groups in total. The molecule has 0 heterocycles. The Balaban J connectivity index is 1.92. The molecule has 1 nitrogen and oxygen atoms in total. The average Bonchev–Trinajstić information content (AvgIpc) is 2.69. The second kappa shape index (κ2) is 4.59. The van der Waals surface area contributed by atoms with Gasteiger partial charge in [0.1, 0.15) is 5.78 Å². The van der Waals surface area contributed by atoms with E-state index in [9.17, 15) is 4.79 Å². The summed E-state index contributed by atoms with van der Waals surface area (Å²) in [7, 11) is 0. The standard InChI is InChI=1S/C22H28O/c1-13(2)16-11-21(4)12-22(5)18(23)10-17(21)19(16)20(22)15-9-7-6-8-14(15)3/h6-9,16-17,19-20H,1,10-12H2,2-5H3/t16-,17-,19-,20+,21-,22+/m1/s1. The number of fused-ring (bicyclic) bond motifs is 1. The Morgan fingerprint density at radius 2 is 1.96 bits per heavy atom. The van der Waals surface area contributed by atoms with Crippen LogP contribution in [-0.4, -0.2) is 5.78 Å². The van der Waals surface area contributed by atoms with Crippen LogP contribution >= 0.6 is 0 Å². The van der Waals surface area contributed by atoms with Crippen LogP contribution in [0.25, 0.3) is 0 Å². The lowest BCUT2D eigenvalue weighted by Crippen LogP contribution is -2.56. The lowest BCUT2D eigenvalue weighted by Gasteiger charge is -2.58. The first-order valence-corrected chi connectivity index (χ1v) is 9.02. The number of hydrogen-bond donors (Lipinski definition) is 0. The van der Waals surface area contributed by atoms with Crippen molar-refractivity contribution >= 4 is 5.78 Å². The number of carbonyl (C=O) groups excluding carboxylic acids is 1. The summed E-state index contributed by atoms with van der Waals surface area (Å²) in [6.45, 7) is 13.4. The van der Waals surface area contributed by atoms with Crippen LogP contribution in [0.1, 0.15) is 57.1 Å². The van der Waals surface area contributed by atoms with Gasteiger partial charge in [-0.2, -0.15) is 0 Å². The zero-order valence-electron chi connectivity index (χ0n) is 14.9. The van der Waals surface area contributed by atoms with Crippen LogP contribution in [0.4, 0.5) is 0 Å². The molecule has 4 bridgehead atoms. The lowest BCUT2D eigenvalue weighted by molar-refractivity contribution is -0.151. The first-order valence-electron chi connectivity index (χ1n) is 9.02. The molecule has 0 radical (unpaired) electrons. The number of allylic oxidation sites excluding steroid dienone is 1. The molecule has 4 aliphatic rings. The Kier molecular flexibility index (Phi) is 3.03. The van der Waals surface area contributed by atoms with E-state index >= 15 is 0 Å². The van der Waals surface area contributed by atoms with Crippen LogP contribution < -0.4 is 0 Å². The smallest absolute Gasteiger partial charge is 0.139 e. The average molecular weight is 308 g/mol. The third-order valence-corrected chi connectivity index (χ3v) is 7.55. The molecule has 0 aromatic heterocycles. The fourth-order valence-corrected chi connectivity index (χ4v) is 6.65. The highest BCUT2D eigenvalue weighted by atomic mass is 16.1. The molecule has 4 fully saturated rings. The van der Waals surface area contributed by atoms with Gasteiger partial charge in [-0.3, -0.25) is 4.79 Å². The first-order chi connectivity index (χ1) is 10.8. The van der Waals surface area contributed by atoms with Gasteiger partial charge in [0.15, 0.2) is 0 Å². The number of hydrogen-bond acceptors (Lipinski definition) is 1. The summed E-state index contributed by atoms with van der Waals surface area (Å²) in [6, 6.07) is 8.72. The van der Waals surface area contributed by atoms with Crippen LogP contribution in [-0.2, 0) is 4.79 Å². The van der Waals surface area contributed by atoms with E-state index in [0.717, 1.165) is 12.8 Å². The van der Waals surface area contributed by atoms with Crippen LogP contribution in [0, 0.1) is 35.5 Å². The predicted octanol–water partition coefficient (Wildman–Crippen LogP) is 5.30. The number of carbonyl (C=O) groups is 1. The zero-order valence-corrected chi connectivity index (χ0v) is 14.9. The number of ketones is 1. The molecule has 1 heteroatoms. The van der Waals surface area contributed by atoms with E-state index in [1.165, 1.54) is 23.1 Å². The van der Waals surface area contributed by atoms with Gasteiger partial charge in [0, 0.05) is 17.8 Å². The van der Waals surface area contributed by atoms with E-state index in [1.807, 2.05) is 0 Å². The third kappa shape index (κ3) is 1.83. The molecule has 1 aromatic carbocycles. The van der Waals surface area contributed by atoms with Crippen LogP contribution in [0.2, 0.25) is 0 Å². The molecule has 5 rings (SSSR count). The van der Waals surface area contributed by atoms with E-state index in [1.54, 1.807) is 0 Å². The molecule has 0 saturated heterocycles. The van der Waals surface area contributed by atoms with E-state index in [4.69, 9.17) is 0 Å². The molecule has 122 valence electrons. The van der Waals surface area contributed by atoms with Crippen molar-refractivity contribution in [2.24, 2.45) is 28.6 Å². The largest absolute Gasteiger partial charge is 0.299 e. The molecule has 4 saturated carbocycles. The summed E-state index contributed by atoms with van der Waals surface area (Å²) in [5.74, 6) is 2.58. The summed E-state index contributed by atoms with van der Waals surface area (Å²) in [5.41, 5.74) is 4.21. The van der Waals surface area contributed by atoms with Crippen LogP contribution in [0.15, 0.2) is 36.4 Å². The van der Waals surface area contributed by atoms with E-state index in [2.05, 4.69) is 58.5 Å². The molecular formula is C22H28O. The van der Waals surface area contributed by atoms with Crippen molar-refractivity contribution in [2.45, 2.75) is 52.9 Å². The van der Waals surface area contributed by atoms with Gasteiger partial charge in [-0.25, -0.2) is 0 Å². The maximum Gasteiger partial charge on any atom is 0.139 e. The second-order valence-corrected chi connectivity index (χ2v) is 9.05. The van der Waals surface area contributed by atoms with Crippen molar-refractivity contribution in [1.82, 2.24) is 0 Å². The molecule has 6 atom stereocenters. The molecule has 0 unspecified atom stereocenters. The van der Waals surface area contributed by atoms with E-state index in [0.29, 0.717) is 34.9 Å². The summed E-state index contributed by atoms with van der Waals surface area (Å²) in [6.07, 6.45) is 3.08. The van der Waals surface area contributed by atoms with E-state index in [-0.39, 0.29) is 5.41 Å². The number of Topliss-reactive ketones (excluding diaryl/α,β-unsaturated/α-hetero) is 1. The fourth-order valence-electron chi connectivity index (χ4n) is 6.65. The van der Waals surface area contributed by atoms with Crippen molar-refractivity contribution in [3.05, 3.63) is 47.5 Å². The van der Waals surface area contributed by atoms with Gasteiger partial charge in [-0.1, -0.05) is 50.3 Å². The molecule has 0 amide bonds. The van der Waals surface area contributed by atoms with Gasteiger partial charge in [0.05, 0.1) is 0 Å². The Morgan fingerprint density at radius 3 is 2.61 bits per heavy atom. The zero-order chi connectivity index (χ0) is 16.6. The van der Waals surface area contributed by atoms with Crippen LogP contribution in [0.5, 0.6) is 0 Å². The third-order valence-electron chi connectivity index (χ3n) is 7.55. The summed E-state index contributed by atoms with van der Waals surface area (Å²) >= 11 is 0. The van der Waals surface area contributed by atoms with Gasteiger partial charge in [-0.05, 0) is 61.0 Å². The summed E-state index contributed by atoms with van der Waals surface area (Å²) in [4.78, 5) is 13.0. The minimum Gasteiger partial charge on any atom is -0.299 e. The highest BCUT2D eigenvalue weighted by Crippen LogP contribution is 2.73. The summed E-state index contributed by atoms with van der Waals surface area (Å²) < 4.78 is 0. The number of rotatable bonds is 2. The van der Waals surface area contributed by atoms with E-state index < -0.39 is 0 Å². The molecule has 0 spiro atoms. The summed E-state index contributed by atoms with van der Waals surface area (Å²) in [5, 5.41) is 0. The Labute approximate surface area is 140 Å². The molecule has 1 aromatic rings. The first kappa shape index (κ1) is 15.2. The van der Waals surface area contributed by atoms with Crippen molar-refractivity contribution in [3.63, 3.8) is 0 Å². The quantitative estimate of drug-likeness (QED) is 0.678. The lowest BCUT2D eigenvalue weighted by atomic mass is 9.44. The fraction of sp³-hybridized carbons (Fsp3) is 0.591. The van der Waals surface area contributed by atoms with Crippen molar-refractivity contribution < 1.29 is 4.79 Å². The highest BCUT2D eigenvalue weighted by molar-refractivity contribution is 5.88. The van der Waals surface area contributed by atoms with Gasteiger partial charge in [0.25, 0.3) is 0 Å². The topological polar surface area (TPSA) is 17.1 Å². The van der Waals surface area contributed by atoms with Crippen molar-refractivity contribution in [2.75, 3.05) is 0 Å². The van der Waals surface area contributed by atoms with Crippen LogP contribution in [0.3, 0.4) is 0 Å². The molecule has 0 aliphatic heterocycles. The second-order valence-electron chi connectivity index (χ2n) is 9.05. The van der Waals surface area contributed by atoms with Gasteiger partial charge in [0.2, 0.25) is 0 Å². The maximum atomic E-state index is 13.0. The predicted molar refractivity (Wildman–Crippen MR) is 94.3 cm³/mol. The Hall–Kier alpha value is -1.37. The van der Waals surface area contributed by atoms with Crippen molar-refractivity contribution in [3.8, 4) is 0 Å². The maximum absolute atomic E-state index is 13.0. The highest BCUT2D eigenvalue weighted by Gasteiger charge is 2.68.